The molecule has 0 aliphatic rings. The molecule has 0 amide bonds. The number of methoxy groups -OCH3 is 1. The Bertz CT molecular complexity index is 1460. The number of hydrogen-bond acceptors (Lipinski definition) is 7. The first-order valence-corrected chi connectivity index (χ1v) is 10.4. The minimum absolute atomic E-state index is 0.339. The summed E-state index contributed by atoms with van der Waals surface area (Å²) in [4.78, 5) is 13.4. The van der Waals surface area contributed by atoms with Crippen molar-refractivity contribution in [1.82, 2.24) is 34.5 Å². The van der Waals surface area contributed by atoms with Gasteiger partial charge in [0.25, 0.3) is 6.43 Å². The largest absolute Gasteiger partial charge is 0.495 e. The fraction of sp³-hybridized carbons (Fsp3) is 0.174. The Labute approximate surface area is 193 Å². The second-order valence-corrected chi connectivity index (χ2v) is 7.55. The monoisotopic (exact) mass is 462 g/mol. The SMILES string of the molecule is COc1cc(-c2ccn(C)n2)ccc1Nc1ncc2ccnc(-c3cnn(CC(F)F)c3)c2n1. The molecule has 1 aromatic carbocycles. The molecule has 4 heterocycles. The van der Waals surface area contributed by atoms with E-state index >= 15 is 0 Å². The second-order valence-electron chi connectivity index (χ2n) is 7.55. The Hall–Kier alpha value is -4.41. The van der Waals surface area contributed by atoms with Crippen LogP contribution in [0.1, 0.15) is 0 Å². The topological polar surface area (TPSA) is 95.6 Å². The van der Waals surface area contributed by atoms with Gasteiger partial charge in [-0.15, -0.1) is 0 Å². The minimum atomic E-state index is -2.50. The number of ether oxygens (including phenoxy) is 1. The second kappa shape index (κ2) is 8.85. The lowest BCUT2D eigenvalue weighted by Gasteiger charge is -2.12. The van der Waals surface area contributed by atoms with Gasteiger partial charge in [0.2, 0.25) is 5.95 Å². The summed E-state index contributed by atoms with van der Waals surface area (Å²) in [5, 5.41) is 12.4. The molecule has 0 unspecified atom stereocenters. The highest BCUT2D eigenvalue weighted by Crippen LogP contribution is 2.32. The van der Waals surface area contributed by atoms with Crippen LogP contribution in [0.25, 0.3) is 33.4 Å². The lowest BCUT2D eigenvalue weighted by atomic mass is 10.1. The summed E-state index contributed by atoms with van der Waals surface area (Å²) in [7, 11) is 3.45. The number of aryl methyl sites for hydroxylation is 1. The van der Waals surface area contributed by atoms with Gasteiger partial charge >= 0.3 is 0 Å². The number of rotatable bonds is 7. The maximum atomic E-state index is 12.7. The van der Waals surface area contributed by atoms with E-state index in [9.17, 15) is 8.78 Å². The van der Waals surface area contributed by atoms with E-state index in [-0.39, 0.29) is 0 Å². The first-order chi connectivity index (χ1) is 16.5. The van der Waals surface area contributed by atoms with Crippen LogP contribution in [-0.4, -0.2) is 48.0 Å². The van der Waals surface area contributed by atoms with Crippen LogP contribution < -0.4 is 10.1 Å². The molecule has 5 aromatic rings. The van der Waals surface area contributed by atoms with Crippen molar-refractivity contribution in [3.8, 4) is 28.3 Å². The van der Waals surface area contributed by atoms with Crippen LogP contribution in [0.2, 0.25) is 0 Å². The van der Waals surface area contributed by atoms with Crippen molar-refractivity contribution in [3.05, 3.63) is 61.3 Å². The van der Waals surface area contributed by atoms with Gasteiger partial charge in [-0.2, -0.15) is 10.2 Å². The highest BCUT2D eigenvalue weighted by atomic mass is 19.3. The molecule has 0 radical (unpaired) electrons. The predicted molar refractivity (Wildman–Crippen MR) is 123 cm³/mol. The maximum absolute atomic E-state index is 12.7. The molecular weight excluding hydrogens is 442 g/mol. The lowest BCUT2D eigenvalue weighted by molar-refractivity contribution is 0.122. The molecule has 9 nitrogen and oxygen atoms in total. The zero-order valence-electron chi connectivity index (χ0n) is 18.4. The first-order valence-electron chi connectivity index (χ1n) is 10.4. The third-order valence-electron chi connectivity index (χ3n) is 5.19. The van der Waals surface area contributed by atoms with Crippen molar-refractivity contribution in [2.75, 3.05) is 12.4 Å². The Kier molecular flexibility index (Phi) is 5.58. The minimum Gasteiger partial charge on any atom is -0.495 e. The van der Waals surface area contributed by atoms with Crippen molar-refractivity contribution in [2.45, 2.75) is 13.0 Å². The van der Waals surface area contributed by atoms with Crippen LogP contribution in [0.5, 0.6) is 5.75 Å². The Morgan fingerprint density at radius 1 is 1.09 bits per heavy atom. The van der Waals surface area contributed by atoms with E-state index in [1.807, 2.05) is 37.5 Å². The van der Waals surface area contributed by atoms with Crippen LogP contribution in [0.4, 0.5) is 20.4 Å². The molecule has 0 aliphatic carbocycles. The van der Waals surface area contributed by atoms with Crippen LogP contribution in [-0.2, 0) is 13.6 Å². The van der Waals surface area contributed by atoms with Crippen molar-refractivity contribution >= 4 is 22.5 Å². The summed E-state index contributed by atoms with van der Waals surface area (Å²) >= 11 is 0. The smallest absolute Gasteiger partial charge is 0.257 e. The van der Waals surface area contributed by atoms with Crippen LogP contribution in [0.3, 0.4) is 0 Å². The van der Waals surface area contributed by atoms with Gasteiger partial charge in [0.05, 0.1) is 30.4 Å². The third-order valence-corrected chi connectivity index (χ3v) is 5.19. The Morgan fingerprint density at radius 3 is 2.74 bits per heavy atom. The average molecular weight is 462 g/mol. The fourth-order valence-electron chi connectivity index (χ4n) is 3.60. The van der Waals surface area contributed by atoms with E-state index in [1.54, 1.807) is 30.3 Å². The van der Waals surface area contributed by atoms with Gasteiger partial charge < -0.3 is 10.1 Å². The van der Waals surface area contributed by atoms with E-state index < -0.39 is 13.0 Å². The standard InChI is InChI=1S/C23H20F2N8O/c1-32-8-6-17(31-32)14-3-4-18(19(9-14)34-2)29-23-27-10-15-5-7-26-21(22(15)30-23)16-11-28-33(12-16)13-20(24)25/h3-12,20H,13H2,1-2H3,(H,27,29,30). The number of alkyl halides is 2. The molecule has 34 heavy (non-hydrogen) atoms. The quantitative estimate of drug-likeness (QED) is 0.385. The van der Waals surface area contributed by atoms with Crippen LogP contribution in [0, 0.1) is 0 Å². The van der Waals surface area contributed by atoms with Gasteiger partial charge in [-0.05, 0) is 24.3 Å². The van der Waals surface area contributed by atoms with E-state index in [1.165, 1.54) is 17.1 Å². The number of pyridine rings is 1. The number of nitrogens with zero attached hydrogens (tertiary/aromatic N) is 7. The fourth-order valence-corrected chi connectivity index (χ4v) is 3.60. The number of benzene rings is 1. The molecule has 0 atom stereocenters. The zero-order valence-corrected chi connectivity index (χ0v) is 18.4. The summed E-state index contributed by atoms with van der Waals surface area (Å²) in [5.41, 5.74) is 4.11. The van der Waals surface area contributed by atoms with Crippen molar-refractivity contribution < 1.29 is 13.5 Å². The summed E-state index contributed by atoms with van der Waals surface area (Å²) in [6, 6.07) is 9.39. The van der Waals surface area contributed by atoms with E-state index in [0.717, 1.165) is 16.6 Å². The molecule has 1 N–H and O–H groups in total. The average Bonchev–Trinajstić information content (AvgIpc) is 3.47. The van der Waals surface area contributed by atoms with Crippen LogP contribution in [0.15, 0.2) is 61.3 Å². The van der Waals surface area contributed by atoms with Gasteiger partial charge in [0, 0.05) is 48.3 Å². The highest BCUT2D eigenvalue weighted by molar-refractivity contribution is 5.91. The summed E-state index contributed by atoms with van der Waals surface area (Å²) < 4.78 is 33.9. The van der Waals surface area contributed by atoms with Gasteiger partial charge in [-0.3, -0.25) is 14.3 Å². The molecule has 0 spiro atoms. The molecule has 0 aliphatic heterocycles. The summed E-state index contributed by atoms with van der Waals surface area (Å²) in [6.45, 7) is -0.485. The number of anilines is 2. The molecule has 5 rings (SSSR count). The predicted octanol–water partition coefficient (Wildman–Crippen LogP) is 4.31. The highest BCUT2D eigenvalue weighted by Gasteiger charge is 2.14. The van der Waals surface area contributed by atoms with Crippen molar-refractivity contribution in [3.63, 3.8) is 0 Å². The molecule has 0 saturated carbocycles. The summed E-state index contributed by atoms with van der Waals surface area (Å²) in [5.74, 6) is 0.942. The molecule has 4 aromatic heterocycles. The summed E-state index contributed by atoms with van der Waals surface area (Å²) in [6.07, 6.45) is 5.71. The first kappa shape index (κ1) is 21.4. The van der Waals surface area contributed by atoms with E-state index in [2.05, 4.69) is 30.5 Å². The zero-order chi connectivity index (χ0) is 23.7. The number of hydrogen-bond donors (Lipinski definition) is 1. The van der Waals surface area contributed by atoms with Gasteiger partial charge in [-0.1, -0.05) is 6.07 Å². The van der Waals surface area contributed by atoms with Crippen molar-refractivity contribution in [1.29, 1.82) is 0 Å². The normalized spacial score (nSPS) is 11.3. The van der Waals surface area contributed by atoms with Gasteiger partial charge in [0.15, 0.2) is 0 Å². The molecule has 0 bridgehead atoms. The molecule has 11 heteroatoms. The number of halogens is 2. The van der Waals surface area contributed by atoms with Gasteiger partial charge in [0.1, 0.15) is 17.8 Å². The molecule has 0 saturated heterocycles. The Morgan fingerprint density at radius 2 is 1.97 bits per heavy atom. The van der Waals surface area contributed by atoms with E-state index in [4.69, 9.17) is 4.74 Å². The number of nitrogens with one attached hydrogen (secondary N) is 1. The molecule has 0 fully saturated rings. The number of aromatic nitrogens is 7. The Balaban J connectivity index is 1.48. The lowest BCUT2D eigenvalue weighted by Crippen LogP contribution is -2.06. The maximum Gasteiger partial charge on any atom is 0.257 e. The molecule has 172 valence electrons. The molecular formula is C23H20F2N8O. The number of fused-ring (bicyclic) bond motifs is 1. The van der Waals surface area contributed by atoms with Gasteiger partial charge in [-0.25, -0.2) is 18.7 Å². The van der Waals surface area contributed by atoms with Crippen LogP contribution >= 0.6 is 0 Å². The third kappa shape index (κ3) is 4.27. The van der Waals surface area contributed by atoms with Crippen molar-refractivity contribution in [2.24, 2.45) is 7.05 Å². The van der Waals surface area contributed by atoms with E-state index in [0.29, 0.717) is 34.2 Å².